The van der Waals surface area contributed by atoms with E-state index < -0.39 is 15.8 Å². The molecule has 1 aromatic heterocycles. The van der Waals surface area contributed by atoms with Crippen molar-refractivity contribution in [1.29, 1.82) is 0 Å². The highest BCUT2D eigenvalue weighted by Crippen LogP contribution is 2.25. The summed E-state index contributed by atoms with van der Waals surface area (Å²) in [6.07, 6.45) is 0. The molecule has 0 saturated carbocycles. The molecule has 0 amide bonds. The summed E-state index contributed by atoms with van der Waals surface area (Å²) in [5.74, 6) is -0.541. The van der Waals surface area contributed by atoms with Gasteiger partial charge >= 0.3 is 5.76 Å². The fraction of sp³-hybridized carbons (Fsp3) is 0.350. The highest BCUT2D eigenvalue weighted by atomic mass is 35.5. The van der Waals surface area contributed by atoms with E-state index in [4.69, 9.17) is 20.8 Å². The SMILES string of the molecule is Cn1c(=O)oc2cc(S(=O)(=O)NCC(c3cccc(Cl)c3)N3CCOCC3)ccc21. The zero-order valence-corrected chi connectivity index (χ0v) is 17.9. The molecule has 3 aromatic rings. The Balaban J connectivity index is 1.59. The first-order chi connectivity index (χ1) is 14.3. The second-order valence-electron chi connectivity index (χ2n) is 7.13. The number of benzene rings is 2. The molecule has 1 unspecified atom stereocenters. The number of hydrogen-bond acceptors (Lipinski definition) is 6. The Morgan fingerprint density at radius 2 is 1.93 bits per heavy atom. The highest BCUT2D eigenvalue weighted by molar-refractivity contribution is 7.89. The number of morpholine rings is 1. The van der Waals surface area contributed by atoms with Crippen LogP contribution < -0.4 is 10.5 Å². The number of fused-ring (bicyclic) bond motifs is 1. The normalized spacial score (nSPS) is 16.7. The molecule has 30 heavy (non-hydrogen) atoms. The summed E-state index contributed by atoms with van der Waals surface area (Å²) in [6, 6.07) is 11.6. The van der Waals surface area contributed by atoms with E-state index in [1.807, 2.05) is 18.2 Å². The summed E-state index contributed by atoms with van der Waals surface area (Å²) in [5, 5.41) is 0.596. The zero-order valence-electron chi connectivity index (χ0n) is 16.4. The summed E-state index contributed by atoms with van der Waals surface area (Å²) in [6.45, 7) is 2.74. The van der Waals surface area contributed by atoms with Gasteiger partial charge in [-0.05, 0) is 29.8 Å². The number of halogens is 1. The molecule has 0 aliphatic carbocycles. The van der Waals surface area contributed by atoms with Crippen LogP contribution in [0.3, 0.4) is 0 Å². The van der Waals surface area contributed by atoms with E-state index in [-0.39, 0.29) is 23.1 Å². The smallest absolute Gasteiger partial charge is 0.408 e. The van der Waals surface area contributed by atoms with E-state index in [1.165, 1.54) is 16.7 Å². The van der Waals surface area contributed by atoms with Crippen molar-refractivity contribution in [2.45, 2.75) is 10.9 Å². The number of nitrogens with one attached hydrogen (secondary N) is 1. The lowest BCUT2D eigenvalue weighted by Gasteiger charge is -2.35. The molecular formula is C20H22ClN3O5S. The molecule has 1 saturated heterocycles. The van der Waals surface area contributed by atoms with Gasteiger partial charge in [0, 0.05) is 43.8 Å². The molecule has 1 fully saturated rings. The van der Waals surface area contributed by atoms with Gasteiger partial charge < -0.3 is 9.15 Å². The number of rotatable bonds is 6. The van der Waals surface area contributed by atoms with Crippen LogP contribution >= 0.6 is 11.6 Å². The van der Waals surface area contributed by atoms with Gasteiger partial charge in [0.15, 0.2) is 5.58 Å². The van der Waals surface area contributed by atoms with Gasteiger partial charge in [0.2, 0.25) is 10.0 Å². The molecule has 160 valence electrons. The lowest BCUT2D eigenvalue weighted by molar-refractivity contribution is 0.0172. The first kappa shape index (κ1) is 21.1. The van der Waals surface area contributed by atoms with Crippen molar-refractivity contribution < 1.29 is 17.6 Å². The number of oxazole rings is 1. The van der Waals surface area contributed by atoms with Crippen LogP contribution in [0.1, 0.15) is 11.6 Å². The van der Waals surface area contributed by atoms with Crippen molar-refractivity contribution in [2.24, 2.45) is 7.05 Å². The van der Waals surface area contributed by atoms with Crippen molar-refractivity contribution in [3.63, 3.8) is 0 Å². The first-order valence-corrected chi connectivity index (χ1v) is 11.4. The predicted octanol–water partition coefficient (Wildman–Crippen LogP) is 2.14. The molecule has 0 spiro atoms. The van der Waals surface area contributed by atoms with Gasteiger partial charge in [0.1, 0.15) is 0 Å². The quantitative estimate of drug-likeness (QED) is 0.617. The van der Waals surface area contributed by atoms with E-state index in [1.54, 1.807) is 19.2 Å². The number of aromatic nitrogens is 1. The van der Waals surface area contributed by atoms with E-state index in [2.05, 4.69) is 9.62 Å². The van der Waals surface area contributed by atoms with Crippen molar-refractivity contribution in [1.82, 2.24) is 14.2 Å². The summed E-state index contributed by atoms with van der Waals surface area (Å²) in [4.78, 5) is 13.9. The van der Waals surface area contributed by atoms with Crippen LogP contribution in [-0.2, 0) is 21.8 Å². The van der Waals surface area contributed by atoms with Gasteiger partial charge in [-0.15, -0.1) is 0 Å². The standard InChI is InChI=1S/C20H22ClN3O5S/c1-23-17-6-5-16(12-19(17)29-20(23)25)30(26,27)22-13-18(24-7-9-28-10-8-24)14-3-2-4-15(21)11-14/h2-6,11-12,18,22H,7-10,13H2,1H3. The number of nitrogens with zero attached hydrogens (tertiary/aromatic N) is 2. The van der Waals surface area contributed by atoms with Crippen LogP contribution in [0.15, 0.2) is 56.6 Å². The molecule has 1 aliphatic heterocycles. The molecule has 0 radical (unpaired) electrons. The Hall–Kier alpha value is -2.17. The van der Waals surface area contributed by atoms with E-state index in [9.17, 15) is 13.2 Å². The molecular weight excluding hydrogens is 430 g/mol. The van der Waals surface area contributed by atoms with Gasteiger partial charge in [0.25, 0.3) is 0 Å². The van der Waals surface area contributed by atoms with Crippen molar-refractivity contribution in [2.75, 3.05) is 32.8 Å². The van der Waals surface area contributed by atoms with Crippen LogP contribution in [0.5, 0.6) is 0 Å². The lowest BCUT2D eigenvalue weighted by Crippen LogP contribution is -2.43. The maximum absolute atomic E-state index is 12.9. The monoisotopic (exact) mass is 451 g/mol. The lowest BCUT2D eigenvalue weighted by atomic mass is 10.1. The summed E-state index contributed by atoms with van der Waals surface area (Å²) in [5.41, 5.74) is 1.69. The van der Waals surface area contributed by atoms with E-state index >= 15 is 0 Å². The van der Waals surface area contributed by atoms with Crippen LogP contribution in [0.4, 0.5) is 0 Å². The molecule has 0 bridgehead atoms. The maximum Gasteiger partial charge on any atom is 0.419 e. The predicted molar refractivity (Wildman–Crippen MR) is 113 cm³/mol. The topological polar surface area (TPSA) is 93.8 Å². The van der Waals surface area contributed by atoms with Gasteiger partial charge in [0.05, 0.1) is 23.6 Å². The molecule has 4 rings (SSSR count). The zero-order chi connectivity index (χ0) is 21.3. The highest BCUT2D eigenvalue weighted by Gasteiger charge is 2.25. The Labute approximate surface area is 179 Å². The largest absolute Gasteiger partial charge is 0.419 e. The molecule has 1 N–H and O–H groups in total. The number of sulfonamides is 1. The fourth-order valence-electron chi connectivity index (χ4n) is 3.61. The van der Waals surface area contributed by atoms with Crippen molar-refractivity contribution in [3.05, 3.63) is 63.6 Å². The second-order valence-corrected chi connectivity index (χ2v) is 9.33. The summed E-state index contributed by atoms with van der Waals surface area (Å²) < 4.78 is 40.5. The summed E-state index contributed by atoms with van der Waals surface area (Å²) >= 11 is 6.16. The van der Waals surface area contributed by atoms with Crippen LogP contribution in [0.25, 0.3) is 11.1 Å². The Bertz CT molecular complexity index is 1210. The number of aryl methyl sites for hydroxylation is 1. The van der Waals surface area contributed by atoms with Crippen LogP contribution in [-0.4, -0.2) is 50.7 Å². The Morgan fingerprint density at radius 3 is 2.67 bits per heavy atom. The maximum atomic E-state index is 12.9. The average Bonchev–Trinajstić information content (AvgIpc) is 3.02. The van der Waals surface area contributed by atoms with Crippen molar-refractivity contribution in [3.8, 4) is 0 Å². The number of hydrogen-bond donors (Lipinski definition) is 1. The molecule has 2 heterocycles. The molecule has 2 aromatic carbocycles. The molecule has 1 atom stereocenters. The van der Waals surface area contributed by atoms with Gasteiger partial charge in [-0.2, -0.15) is 0 Å². The molecule has 10 heteroatoms. The summed E-state index contributed by atoms with van der Waals surface area (Å²) in [7, 11) is -2.25. The first-order valence-electron chi connectivity index (χ1n) is 9.52. The minimum absolute atomic E-state index is 0.0381. The van der Waals surface area contributed by atoms with Gasteiger partial charge in [-0.3, -0.25) is 9.47 Å². The van der Waals surface area contributed by atoms with Crippen LogP contribution in [0, 0.1) is 0 Å². The molecule has 1 aliphatic rings. The molecule has 8 nitrogen and oxygen atoms in total. The second kappa shape index (κ2) is 8.52. The third kappa shape index (κ3) is 4.30. The number of ether oxygens (including phenoxy) is 1. The van der Waals surface area contributed by atoms with E-state index in [0.717, 1.165) is 5.56 Å². The van der Waals surface area contributed by atoms with Gasteiger partial charge in [-0.25, -0.2) is 17.9 Å². The van der Waals surface area contributed by atoms with Gasteiger partial charge in [-0.1, -0.05) is 23.7 Å². The average molecular weight is 452 g/mol. The minimum atomic E-state index is -3.82. The Morgan fingerprint density at radius 1 is 1.17 bits per heavy atom. The third-order valence-corrected chi connectivity index (χ3v) is 6.92. The minimum Gasteiger partial charge on any atom is -0.408 e. The van der Waals surface area contributed by atoms with Crippen LogP contribution in [0.2, 0.25) is 5.02 Å². The third-order valence-electron chi connectivity index (χ3n) is 5.26. The fourth-order valence-corrected chi connectivity index (χ4v) is 4.87. The van der Waals surface area contributed by atoms with E-state index in [0.29, 0.717) is 36.8 Å². The van der Waals surface area contributed by atoms with Crippen molar-refractivity contribution >= 4 is 32.7 Å². The Kier molecular flexibility index (Phi) is 5.99.